The molecule has 1 fully saturated rings. The molecule has 0 radical (unpaired) electrons. The zero-order valence-electron chi connectivity index (χ0n) is 7.06. The van der Waals surface area contributed by atoms with Crippen LogP contribution in [0, 0.1) is 0 Å². The molecule has 0 heterocycles. The van der Waals surface area contributed by atoms with Crippen LogP contribution in [0.1, 0.15) is 32.1 Å². The van der Waals surface area contributed by atoms with Gasteiger partial charge in [-0.25, -0.2) is 0 Å². The zero-order chi connectivity index (χ0) is 7.82. The number of hydrogen-bond donors (Lipinski definition) is 2. The fourth-order valence-corrected chi connectivity index (χ4v) is 1.39. The standard InChI is InChI=1S/C7H15N.CH4O/c1-8-7-5-3-2-4-6-7;1-2/h7-8H,2-6H2,1H3;2H,1H3. The van der Waals surface area contributed by atoms with Crippen LogP contribution in [0.4, 0.5) is 0 Å². The van der Waals surface area contributed by atoms with E-state index in [-0.39, 0.29) is 0 Å². The average Bonchev–Trinajstić information content (AvgIpc) is 2.10. The summed E-state index contributed by atoms with van der Waals surface area (Å²) in [4.78, 5) is 0. The molecule has 1 aliphatic carbocycles. The highest BCUT2D eigenvalue weighted by Gasteiger charge is 2.09. The third-order valence-corrected chi connectivity index (χ3v) is 2.01. The monoisotopic (exact) mass is 145 g/mol. The number of hydrogen-bond acceptors (Lipinski definition) is 2. The molecule has 2 heteroatoms. The minimum Gasteiger partial charge on any atom is -0.400 e. The molecule has 2 N–H and O–H groups in total. The molecule has 0 atom stereocenters. The third kappa shape index (κ3) is 3.85. The molecule has 1 aliphatic rings. The van der Waals surface area contributed by atoms with Crippen LogP contribution >= 0.6 is 0 Å². The second-order valence-electron chi connectivity index (χ2n) is 2.62. The van der Waals surface area contributed by atoms with Crippen molar-refractivity contribution >= 4 is 0 Å². The van der Waals surface area contributed by atoms with Gasteiger partial charge in [0.25, 0.3) is 0 Å². The van der Waals surface area contributed by atoms with Gasteiger partial charge in [-0.3, -0.25) is 0 Å². The summed E-state index contributed by atoms with van der Waals surface area (Å²) in [5.74, 6) is 0. The van der Waals surface area contributed by atoms with Crippen molar-refractivity contribution in [1.29, 1.82) is 0 Å². The molecule has 0 amide bonds. The first-order chi connectivity index (χ1) is 4.93. The fraction of sp³-hybridized carbons (Fsp3) is 1.00. The largest absolute Gasteiger partial charge is 0.400 e. The maximum Gasteiger partial charge on any atom is 0.0319 e. The Morgan fingerprint density at radius 2 is 1.60 bits per heavy atom. The predicted molar refractivity (Wildman–Crippen MR) is 44.1 cm³/mol. The summed E-state index contributed by atoms with van der Waals surface area (Å²) in [6.45, 7) is 0. The zero-order valence-corrected chi connectivity index (χ0v) is 7.06. The van der Waals surface area contributed by atoms with Gasteiger partial charge in [-0.1, -0.05) is 19.3 Å². The van der Waals surface area contributed by atoms with Crippen molar-refractivity contribution in [2.75, 3.05) is 14.2 Å². The van der Waals surface area contributed by atoms with E-state index in [1.165, 1.54) is 32.1 Å². The topological polar surface area (TPSA) is 32.3 Å². The maximum absolute atomic E-state index is 7.00. The van der Waals surface area contributed by atoms with E-state index in [4.69, 9.17) is 5.11 Å². The number of aliphatic hydroxyl groups excluding tert-OH is 1. The molecule has 0 unspecified atom stereocenters. The van der Waals surface area contributed by atoms with Crippen LogP contribution < -0.4 is 5.32 Å². The molecule has 0 bridgehead atoms. The molecule has 0 spiro atoms. The van der Waals surface area contributed by atoms with Crippen LogP contribution in [0.5, 0.6) is 0 Å². The Kier molecular flexibility index (Phi) is 6.98. The number of nitrogens with one attached hydrogen (secondary N) is 1. The molecule has 0 aromatic heterocycles. The molecule has 10 heavy (non-hydrogen) atoms. The summed E-state index contributed by atoms with van der Waals surface area (Å²) in [6.07, 6.45) is 7.13. The Balaban J connectivity index is 0.000000371. The normalized spacial score (nSPS) is 19.5. The summed E-state index contributed by atoms with van der Waals surface area (Å²) in [6, 6.07) is 0.837. The van der Waals surface area contributed by atoms with Gasteiger partial charge in [-0.05, 0) is 19.9 Å². The molecule has 0 saturated heterocycles. The van der Waals surface area contributed by atoms with Gasteiger partial charge in [-0.2, -0.15) is 0 Å². The quantitative estimate of drug-likeness (QED) is 0.580. The first-order valence-corrected chi connectivity index (χ1v) is 4.05. The third-order valence-electron chi connectivity index (χ3n) is 2.01. The van der Waals surface area contributed by atoms with E-state index in [1.807, 2.05) is 0 Å². The van der Waals surface area contributed by atoms with Crippen molar-refractivity contribution in [3.8, 4) is 0 Å². The molecule has 62 valence electrons. The van der Waals surface area contributed by atoms with Crippen molar-refractivity contribution < 1.29 is 5.11 Å². The van der Waals surface area contributed by atoms with E-state index < -0.39 is 0 Å². The summed E-state index contributed by atoms with van der Waals surface area (Å²) >= 11 is 0. The average molecular weight is 145 g/mol. The van der Waals surface area contributed by atoms with Crippen molar-refractivity contribution in [2.45, 2.75) is 38.1 Å². The summed E-state index contributed by atoms with van der Waals surface area (Å²) in [7, 11) is 3.07. The van der Waals surface area contributed by atoms with E-state index in [0.717, 1.165) is 13.2 Å². The predicted octanol–water partition coefficient (Wildman–Crippen LogP) is 1.15. The first kappa shape index (κ1) is 9.92. The van der Waals surface area contributed by atoms with Crippen LogP contribution in [0.25, 0.3) is 0 Å². The molecule has 0 aromatic carbocycles. The Morgan fingerprint density at radius 3 is 1.90 bits per heavy atom. The highest BCUT2D eigenvalue weighted by atomic mass is 16.2. The van der Waals surface area contributed by atoms with Crippen molar-refractivity contribution in [1.82, 2.24) is 5.32 Å². The number of rotatable bonds is 1. The maximum atomic E-state index is 7.00. The van der Waals surface area contributed by atoms with Crippen LogP contribution in [0.3, 0.4) is 0 Å². The fourth-order valence-electron chi connectivity index (χ4n) is 1.39. The minimum absolute atomic E-state index is 0.837. The van der Waals surface area contributed by atoms with Gasteiger partial charge >= 0.3 is 0 Å². The summed E-state index contributed by atoms with van der Waals surface area (Å²) < 4.78 is 0. The van der Waals surface area contributed by atoms with E-state index in [2.05, 4.69) is 12.4 Å². The van der Waals surface area contributed by atoms with Gasteiger partial charge < -0.3 is 10.4 Å². The lowest BCUT2D eigenvalue weighted by Gasteiger charge is -2.20. The summed E-state index contributed by atoms with van der Waals surface area (Å²) in [5.41, 5.74) is 0. The van der Waals surface area contributed by atoms with Gasteiger partial charge in [0.1, 0.15) is 0 Å². The number of aliphatic hydroxyl groups is 1. The molecular formula is C8H19NO. The molecular weight excluding hydrogens is 126 g/mol. The summed E-state index contributed by atoms with van der Waals surface area (Å²) in [5, 5.41) is 10.3. The van der Waals surface area contributed by atoms with Crippen molar-refractivity contribution in [2.24, 2.45) is 0 Å². The lowest BCUT2D eigenvalue weighted by Crippen LogP contribution is -2.26. The van der Waals surface area contributed by atoms with E-state index >= 15 is 0 Å². The Hall–Kier alpha value is -0.0800. The van der Waals surface area contributed by atoms with Gasteiger partial charge in [0, 0.05) is 13.2 Å². The van der Waals surface area contributed by atoms with E-state index in [9.17, 15) is 0 Å². The highest BCUT2D eigenvalue weighted by Crippen LogP contribution is 2.16. The van der Waals surface area contributed by atoms with Crippen molar-refractivity contribution in [3.63, 3.8) is 0 Å². The lowest BCUT2D eigenvalue weighted by molar-refractivity contribution is 0.394. The first-order valence-electron chi connectivity index (χ1n) is 4.05. The molecule has 2 nitrogen and oxygen atoms in total. The molecule has 1 saturated carbocycles. The second-order valence-corrected chi connectivity index (χ2v) is 2.62. The van der Waals surface area contributed by atoms with Gasteiger partial charge in [0.15, 0.2) is 0 Å². The Labute approximate surface area is 63.6 Å². The molecule has 0 aromatic rings. The van der Waals surface area contributed by atoms with Gasteiger partial charge in [0.2, 0.25) is 0 Å². The van der Waals surface area contributed by atoms with Crippen LogP contribution in [-0.2, 0) is 0 Å². The van der Waals surface area contributed by atoms with E-state index in [1.54, 1.807) is 0 Å². The van der Waals surface area contributed by atoms with Gasteiger partial charge in [0.05, 0.1) is 0 Å². The second kappa shape index (κ2) is 7.03. The minimum atomic E-state index is 0.837. The van der Waals surface area contributed by atoms with Gasteiger partial charge in [-0.15, -0.1) is 0 Å². The van der Waals surface area contributed by atoms with Crippen LogP contribution in [-0.4, -0.2) is 25.3 Å². The van der Waals surface area contributed by atoms with E-state index in [0.29, 0.717) is 0 Å². The lowest BCUT2D eigenvalue weighted by atomic mass is 9.96. The smallest absolute Gasteiger partial charge is 0.0319 e. The van der Waals surface area contributed by atoms with Crippen LogP contribution in [0.2, 0.25) is 0 Å². The Morgan fingerprint density at radius 1 is 1.10 bits per heavy atom. The highest BCUT2D eigenvalue weighted by molar-refractivity contribution is 4.68. The molecule has 1 rings (SSSR count). The van der Waals surface area contributed by atoms with Crippen molar-refractivity contribution in [3.05, 3.63) is 0 Å². The van der Waals surface area contributed by atoms with Crippen LogP contribution in [0.15, 0.2) is 0 Å². The molecule has 0 aliphatic heterocycles. The SMILES string of the molecule is CNC1CCCCC1.CO. The Bertz CT molecular complexity index is 60.3.